The van der Waals surface area contributed by atoms with Crippen LogP contribution in [0, 0.1) is 17.8 Å². The molecule has 0 aromatic rings. The molecule has 0 spiro atoms. The lowest BCUT2D eigenvalue weighted by Gasteiger charge is -2.37. The molecule has 0 aliphatic heterocycles. The Kier molecular flexibility index (Phi) is 2.54. The normalized spacial score (nSPS) is 41.8. The lowest BCUT2D eigenvalue weighted by atomic mass is 9.74. The molecule has 1 N–H and O–H groups in total. The summed E-state index contributed by atoms with van der Waals surface area (Å²) in [5.74, 6) is 2.86. The maximum absolute atomic E-state index is 10.6. The van der Waals surface area contributed by atoms with E-state index in [0.717, 1.165) is 37.0 Å². The van der Waals surface area contributed by atoms with Crippen LogP contribution in [0.25, 0.3) is 0 Å². The molecule has 3 aliphatic carbocycles. The summed E-state index contributed by atoms with van der Waals surface area (Å²) in [5.41, 5.74) is -0.256. The Balaban J connectivity index is 1.52. The maximum Gasteiger partial charge on any atom is 0.0650 e. The fourth-order valence-corrected chi connectivity index (χ4v) is 3.46. The van der Waals surface area contributed by atoms with Gasteiger partial charge in [0.05, 0.1) is 5.60 Å². The molecule has 0 radical (unpaired) electrons. The second kappa shape index (κ2) is 3.76. The molecule has 0 heterocycles. The van der Waals surface area contributed by atoms with Crippen LogP contribution in [0.15, 0.2) is 0 Å². The summed E-state index contributed by atoms with van der Waals surface area (Å²) in [6.07, 6.45) is 13.1. The van der Waals surface area contributed by atoms with Gasteiger partial charge in [0.2, 0.25) is 0 Å². The zero-order chi connectivity index (χ0) is 10.3. The van der Waals surface area contributed by atoms with E-state index in [-0.39, 0.29) is 5.60 Å². The Hall–Kier alpha value is -0.0400. The van der Waals surface area contributed by atoms with Gasteiger partial charge in [0.15, 0.2) is 0 Å². The van der Waals surface area contributed by atoms with Gasteiger partial charge >= 0.3 is 0 Å². The number of rotatable bonds is 4. The van der Waals surface area contributed by atoms with Crippen LogP contribution in [0.5, 0.6) is 0 Å². The van der Waals surface area contributed by atoms with E-state index >= 15 is 0 Å². The SMILES string of the molecule is OC1(CCC2CC2)CCCC(C2CC2)C1. The van der Waals surface area contributed by atoms with Crippen molar-refractivity contribution in [3.8, 4) is 0 Å². The van der Waals surface area contributed by atoms with E-state index in [1.807, 2.05) is 0 Å². The van der Waals surface area contributed by atoms with Gasteiger partial charge in [0.1, 0.15) is 0 Å². The summed E-state index contributed by atoms with van der Waals surface area (Å²) in [6.45, 7) is 0. The van der Waals surface area contributed by atoms with E-state index in [1.54, 1.807) is 0 Å². The van der Waals surface area contributed by atoms with Gasteiger partial charge in [-0.05, 0) is 62.7 Å². The van der Waals surface area contributed by atoms with Gasteiger partial charge in [0, 0.05) is 0 Å². The minimum Gasteiger partial charge on any atom is -0.390 e. The van der Waals surface area contributed by atoms with Crippen molar-refractivity contribution in [1.82, 2.24) is 0 Å². The Labute approximate surface area is 93.3 Å². The minimum atomic E-state index is -0.256. The first-order valence-corrected chi connectivity index (χ1v) is 6.98. The van der Waals surface area contributed by atoms with Crippen LogP contribution < -0.4 is 0 Å². The van der Waals surface area contributed by atoms with Crippen molar-refractivity contribution < 1.29 is 5.11 Å². The first-order chi connectivity index (χ1) is 7.25. The highest BCUT2D eigenvalue weighted by atomic mass is 16.3. The monoisotopic (exact) mass is 208 g/mol. The quantitative estimate of drug-likeness (QED) is 0.749. The molecule has 1 heteroatoms. The second-order valence-corrected chi connectivity index (χ2v) is 6.40. The summed E-state index contributed by atoms with van der Waals surface area (Å²) < 4.78 is 0. The summed E-state index contributed by atoms with van der Waals surface area (Å²) >= 11 is 0. The Morgan fingerprint density at radius 3 is 2.47 bits per heavy atom. The first-order valence-electron chi connectivity index (χ1n) is 6.98. The largest absolute Gasteiger partial charge is 0.390 e. The summed E-state index contributed by atoms with van der Waals surface area (Å²) in [7, 11) is 0. The fourth-order valence-electron chi connectivity index (χ4n) is 3.46. The van der Waals surface area contributed by atoms with Crippen LogP contribution in [0.1, 0.15) is 64.2 Å². The molecule has 0 amide bonds. The first kappa shape index (κ1) is 10.1. The van der Waals surface area contributed by atoms with Gasteiger partial charge in [-0.25, -0.2) is 0 Å². The molecule has 2 unspecified atom stereocenters. The molecule has 3 aliphatic rings. The van der Waals surface area contributed by atoms with Crippen molar-refractivity contribution in [2.24, 2.45) is 17.8 Å². The van der Waals surface area contributed by atoms with Crippen molar-refractivity contribution in [2.45, 2.75) is 69.8 Å². The average molecular weight is 208 g/mol. The molecule has 3 fully saturated rings. The van der Waals surface area contributed by atoms with Crippen LogP contribution in [0.2, 0.25) is 0 Å². The molecule has 0 bridgehead atoms. The van der Waals surface area contributed by atoms with Gasteiger partial charge in [-0.1, -0.05) is 19.3 Å². The molecule has 2 atom stereocenters. The predicted molar refractivity (Wildman–Crippen MR) is 61.6 cm³/mol. The van der Waals surface area contributed by atoms with E-state index in [1.165, 1.54) is 44.9 Å². The second-order valence-electron chi connectivity index (χ2n) is 6.40. The predicted octanol–water partition coefficient (Wildman–Crippen LogP) is 3.51. The fraction of sp³-hybridized carbons (Fsp3) is 1.00. The molecule has 0 saturated heterocycles. The number of aliphatic hydroxyl groups is 1. The minimum absolute atomic E-state index is 0.256. The van der Waals surface area contributed by atoms with Crippen LogP contribution in [0.4, 0.5) is 0 Å². The van der Waals surface area contributed by atoms with Crippen LogP contribution in [0.3, 0.4) is 0 Å². The third-order valence-corrected chi connectivity index (χ3v) is 4.86. The van der Waals surface area contributed by atoms with Crippen LogP contribution in [-0.2, 0) is 0 Å². The zero-order valence-electron chi connectivity index (χ0n) is 9.75. The van der Waals surface area contributed by atoms with Gasteiger partial charge in [-0.2, -0.15) is 0 Å². The molecule has 0 aromatic heterocycles. The lowest BCUT2D eigenvalue weighted by Crippen LogP contribution is -2.36. The van der Waals surface area contributed by atoms with Crippen molar-refractivity contribution in [1.29, 1.82) is 0 Å². The Morgan fingerprint density at radius 2 is 1.80 bits per heavy atom. The molecule has 3 saturated carbocycles. The van der Waals surface area contributed by atoms with Gasteiger partial charge in [0.25, 0.3) is 0 Å². The lowest BCUT2D eigenvalue weighted by molar-refractivity contribution is -0.0293. The standard InChI is InChI=1S/C14H24O/c15-14(9-7-11-3-4-11)8-1-2-13(10-14)12-5-6-12/h11-13,15H,1-10H2. The molecule has 3 rings (SSSR count). The van der Waals surface area contributed by atoms with E-state index in [4.69, 9.17) is 0 Å². The summed E-state index contributed by atoms with van der Waals surface area (Å²) in [4.78, 5) is 0. The number of hydrogen-bond donors (Lipinski definition) is 1. The van der Waals surface area contributed by atoms with Crippen molar-refractivity contribution in [2.75, 3.05) is 0 Å². The summed E-state index contributed by atoms with van der Waals surface area (Å²) in [6, 6.07) is 0. The van der Waals surface area contributed by atoms with Crippen LogP contribution >= 0.6 is 0 Å². The van der Waals surface area contributed by atoms with Crippen molar-refractivity contribution in [3.05, 3.63) is 0 Å². The van der Waals surface area contributed by atoms with E-state index in [0.29, 0.717) is 0 Å². The topological polar surface area (TPSA) is 20.2 Å². The molecular formula is C14H24O. The average Bonchev–Trinajstić information content (AvgIpc) is 3.08. The Morgan fingerprint density at radius 1 is 1.00 bits per heavy atom. The highest BCUT2D eigenvalue weighted by molar-refractivity contribution is 4.93. The maximum atomic E-state index is 10.6. The van der Waals surface area contributed by atoms with E-state index in [9.17, 15) is 5.11 Å². The smallest absolute Gasteiger partial charge is 0.0650 e. The third-order valence-electron chi connectivity index (χ3n) is 4.86. The highest BCUT2D eigenvalue weighted by Gasteiger charge is 2.41. The summed E-state index contributed by atoms with van der Waals surface area (Å²) in [5, 5.41) is 10.6. The van der Waals surface area contributed by atoms with Crippen molar-refractivity contribution >= 4 is 0 Å². The van der Waals surface area contributed by atoms with Gasteiger partial charge < -0.3 is 5.11 Å². The van der Waals surface area contributed by atoms with Gasteiger partial charge in [-0.3, -0.25) is 0 Å². The van der Waals surface area contributed by atoms with Crippen LogP contribution in [-0.4, -0.2) is 10.7 Å². The Bertz CT molecular complexity index is 229. The molecule has 86 valence electrons. The van der Waals surface area contributed by atoms with Gasteiger partial charge in [-0.15, -0.1) is 0 Å². The number of hydrogen-bond acceptors (Lipinski definition) is 1. The molecule has 15 heavy (non-hydrogen) atoms. The molecular weight excluding hydrogens is 184 g/mol. The molecule has 1 nitrogen and oxygen atoms in total. The van der Waals surface area contributed by atoms with E-state index in [2.05, 4.69) is 0 Å². The van der Waals surface area contributed by atoms with Crippen molar-refractivity contribution in [3.63, 3.8) is 0 Å². The van der Waals surface area contributed by atoms with E-state index < -0.39 is 0 Å². The molecule has 0 aromatic carbocycles. The highest BCUT2D eigenvalue weighted by Crippen LogP contribution is 2.48. The zero-order valence-corrected chi connectivity index (χ0v) is 9.75. The third kappa shape index (κ3) is 2.55.